The highest BCUT2D eigenvalue weighted by atomic mass is 16.2. The number of benzene rings is 2. The molecule has 0 spiro atoms. The lowest BCUT2D eigenvalue weighted by Crippen LogP contribution is -2.21. The summed E-state index contributed by atoms with van der Waals surface area (Å²) in [6, 6.07) is 19.1. The molecule has 26 heavy (non-hydrogen) atoms. The van der Waals surface area contributed by atoms with E-state index in [0.29, 0.717) is 16.8 Å². The van der Waals surface area contributed by atoms with Crippen molar-refractivity contribution in [1.82, 2.24) is 10.4 Å². The molecule has 0 saturated heterocycles. The van der Waals surface area contributed by atoms with Gasteiger partial charge >= 0.3 is 0 Å². The van der Waals surface area contributed by atoms with Gasteiger partial charge in [0.2, 0.25) is 0 Å². The second-order valence-corrected chi connectivity index (χ2v) is 5.35. The fraction of sp³-hybridized carbons (Fsp3) is 0. The summed E-state index contributed by atoms with van der Waals surface area (Å²) >= 11 is 0. The zero-order valence-corrected chi connectivity index (χ0v) is 13.8. The molecule has 1 aromatic heterocycles. The number of hydrazone groups is 1. The van der Waals surface area contributed by atoms with Gasteiger partial charge < -0.3 is 5.32 Å². The smallest absolute Gasteiger partial charge is 0.273 e. The minimum atomic E-state index is -0.422. The van der Waals surface area contributed by atoms with Crippen LogP contribution in [0.1, 0.15) is 26.3 Å². The monoisotopic (exact) mass is 344 g/mol. The van der Waals surface area contributed by atoms with Crippen LogP contribution in [-0.4, -0.2) is 23.0 Å². The molecule has 0 aliphatic rings. The Morgan fingerprint density at radius 2 is 1.65 bits per heavy atom. The molecule has 0 fully saturated rings. The van der Waals surface area contributed by atoms with Gasteiger partial charge in [-0.1, -0.05) is 36.4 Å². The summed E-state index contributed by atoms with van der Waals surface area (Å²) in [4.78, 5) is 28.7. The Hall–Kier alpha value is -3.80. The van der Waals surface area contributed by atoms with Crippen LogP contribution in [0.25, 0.3) is 0 Å². The third-order valence-corrected chi connectivity index (χ3v) is 3.52. The van der Waals surface area contributed by atoms with Gasteiger partial charge in [0.15, 0.2) is 0 Å². The fourth-order valence-corrected chi connectivity index (χ4v) is 2.25. The van der Waals surface area contributed by atoms with Crippen molar-refractivity contribution in [3.63, 3.8) is 0 Å². The van der Waals surface area contributed by atoms with Gasteiger partial charge in [-0.05, 0) is 30.3 Å². The fourth-order valence-electron chi connectivity index (χ4n) is 2.25. The Bertz CT molecular complexity index is 925. The summed E-state index contributed by atoms with van der Waals surface area (Å²) in [5.74, 6) is -0.709. The Morgan fingerprint density at radius 3 is 2.42 bits per heavy atom. The first-order valence-corrected chi connectivity index (χ1v) is 7.93. The second-order valence-electron chi connectivity index (χ2n) is 5.35. The summed E-state index contributed by atoms with van der Waals surface area (Å²) < 4.78 is 0. The predicted octanol–water partition coefficient (Wildman–Crippen LogP) is 3.10. The van der Waals surface area contributed by atoms with Crippen LogP contribution in [0, 0.1) is 0 Å². The third kappa shape index (κ3) is 4.39. The molecule has 0 unspecified atom stereocenters. The molecule has 0 bridgehead atoms. The minimum absolute atomic E-state index is 0.287. The van der Waals surface area contributed by atoms with E-state index in [4.69, 9.17) is 0 Å². The van der Waals surface area contributed by atoms with E-state index in [0.717, 1.165) is 5.56 Å². The number of nitrogens with one attached hydrogen (secondary N) is 2. The van der Waals surface area contributed by atoms with Crippen molar-refractivity contribution in [1.29, 1.82) is 0 Å². The lowest BCUT2D eigenvalue weighted by Gasteiger charge is -2.10. The number of para-hydroxylation sites is 1. The molecule has 0 aliphatic carbocycles. The van der Waals surface area contributed by atoms with Gasteiger partial charge in [-0.3, -0.25) is 14.6 Å². The molecule has 3 aromatic rings. The summed E-state index contributed by atoms with van der Waals surface area (Å²) in [6.45, 7) is 0. The molecule has 1 heterocycles. The topological polar surface area (TPSA) is 83.5 Å². The molecule has 0 aliphatic heterocycles. The number of hydrogen-bond donors (Lipinski definition) is 2. The molecule has 2 amide bonds. The van der Waals surface area contributed by atoms with Crippen molar-refractivity contribution in [3.8, 4) is 0 Å². The maximum Gasteiger partial charge on any atom is 0.273 e. The highest BCUT2D eigenvalue weighted by molar-refractivity contribution is 6.09. The van der Waals surface area contributed by atoms with Gasteiger partial charge in [0, 0.05) is 23.5 Å². The minimum Gasteiger partial charge on any atom is -0.321 e. The Balaban J connectivity index is 1.71. The van der Waals surface area contributed by atoms with Crippen LogP contribution in [0.15, 0.2) is 84.2 Å². The lowest BCUT2D eigenvalue weighted by atomic mass is 10.1. The van der Waals surface area contributed by atoms with Crippen molar-refractivity contribution in [3.05, 3.63) is 95.8 Å². The Morgan fingerprint density at radius 1 is 0.885 bits per heavy atom. The molecule has 6 heteroatoms. The molecule has 2 N–H and O–H groups in total. The maximum atomic E-state index is 12.4. The van der Waals surface area contributed by atoms with Gasteiger partial charge in [-0.2, -0.15) is 5.10 Å². The van der Waals surface area contributed by atoms with Crippen LogP contribution in [0.4, 0.5) is 5.69 Å². The maximum absolute atomic E-state index is 12.4. The molecule has 128 valence electrons. The first-order chi connectivity index (χ1) is 12.7. The number of nitrogens with zero attached hydrogens (tertiary/aromatic N) is 2. The van der Waals surface area contributed by atoms with E-state index < -0.39 is 5.91 Å². The summed E-state index contributed by atoms with van der Waals surface area (Å²) in [5, 5.41) is 6.67. The van der Waals surface area contributed by atoms with Gasteiger partial charge in [0.25, 0.3) is 11.8 Å². The van der Waals surface area contributed by atoms with Crippen LogP contribution in [-0.2, 0) is 0 Å². The van der Waals surface area contributed by atoms with E-state index in [1.165, 1.54) is 6.21 Å². The molecule has 0 atom stereocenters. The molecule has 2 aromatic carbocycles. The molecule has 0 radical (unpaired) electrons. The second kappa shape index (κ2) is 8.34. The first kappa shape index (κ1) is 17.0. The quantitative estimate of drug-likeness (QED) is 0.551. The third-order valence-electron chi connectivity index (χ3n) is 3.52. The number of aromatic nitrogens is 1. The van der Waals surface area contributed by atoms with E-state index in [9.17, 15) is 9.59 Å². The average molecular weight is 344 g/mol. The molecule has 3 rings (SSSR count). The van der Waals surface area contributed by atoms with Crippen LogP contribution < -0.4 is 10.7 Å². The van der Waals surface area contributed by atoms with E-state index in [-0.39, 0.29) is 5.91 Å². The largest absolute Gasteiger partial charge is 0.321 e. The Labute approximate surface area is 150 Å². The van der Waals surface area contributed by atoms with Gasteiger partial charge in [-0.25, -0.2) is 5.43 Å². The van der Waals surface area contributed by atoms with Crippen LogP contribution >= 0.6 is 0 Å². The molecule has 6 nitrogen and oxygen atoms in total. The van der Waals surface area contributed by atoms with Crippen LogP contribution in [0.3, 0.4) is 0 Å². The number of anilines is 1. The van der Waals surface area contributed by atoms with E-state index in [1.807, 2.05) is 12.1 Å². The zero-order chi connectivity index (χ0) is 18.2. The number of pyridine rings is 1. The van der Waals surface area contributed by atoms with E-state index >= 15 is 0 Å². The average Bonchev–Trinajstić information content (AvgIpc) is 2.70. The van der Waals surface area contributed by atoms with Crippen molar-refractivity contribution in [2.75, 3.05) is 5.32 Å². The number of carbonyl (C=O) groups excluding carboxylic acids is 2. The van der Waals surface area contributed by atoms with Crippen molar-refractivity contribution in [2.45, 2.75) is 0 Å². The molecular formula is C20H16N4O2. The van der Waals surface area contributed by atoms with Gasteiger partial charge in [0.05, 0.1) is 17.5 Å². The van der Waals surface area contributed by atoms with Crippen molar-refractivity contribution < 1.29 is 9.59 Å². The van der Waals surface area contributed by atoms with Gasteiger partial charge in [-0.15, -0.1) is 0 Å². The summed E-state index contributed by atoms with van der Waals surface area (Å²) in [7, 11) is 0. The zero-order valence-electron chi connectivity index (χ0n) is 13.8. The van der Waals surface area contributed by atoms with Gasteiger partial charge in [0.1, 0.15) is 0 Å². The first-order valence-electron chi connectivity index (χ1n) is 7.93. The lowest BCUT2D eigenvalue weighted by molar-refractivity contribution is 0.0956. The predicted molar refractivity (Wildman–Crippen MR) is 100 cm³/mol. The van der Waals surface area contributed by atoms with Crippen molar-refractivity contribution >= 4 is 23.7 Å². The highest BCUT2D eigenvalue weighted by Crippen LogP contribution is 2.16. The number of rotatable bonds is 5. The van der Waals surface area contributed by atoms with Crippen LogP contribution in [0.2, 0.25) is 0 Å². The SMILES string of the molecule is O=C(Nc1ccccc1C(=O)N/N=C\c1cccnc1)c1ccccc1. The molecular weight excluding hydrogens is 328 g/mol. The summed E-state index contributed by atoms with van der Waals surface area (Å²) in [5.41, 5.74) is 4.46. The van der Waals surface area contributed by atoms with E-state index in [1.54, 1.807) is 67.0 Å². The van der Waals surface area contributed by atoms with Crippen molar-refractivity contribution in [2.24, 2.45) is 5.10 Å². The normalized spacial score (nSPS) is 10.5. The number of carbonyl (C=O) groups is 2. The summed E-state index contributed by atoms with van der Waals surface area (Å²) in [6.07, 6.45) is 4.78. The van der Waals surface area contributed by atoms with E-state index in [2.05, 4.69) is 20.8 Å². The highest BCUT2D eigenvalue weighted by Gasteiger charge is 2.13. The number of hydrogen-bond acceptors (Lipinski definition) is 4. The number of amides is 2. The standard InChI is InChI=1S/C20H16N4O2/c25-19(16-8-2-1-3-9-16)23-18-11-5-4-10-17(18)20(26)24-22-14-15-7-6-12-21-13-15/h1-14H,(H,23,25)(H,24,26)/b22-14-. The Kier molecular flexibility index (Phi) is 5.47. The molecule has 0 saturated carbocycles. The van der Waals surface area contributed by atoms with Crippen LogP contribution in [0.5, 0.6) is 0 Å².